The van der Waals surface area contributed by atoms with Crippen LogP contribution in [0.25, 0.3) is 44.6 Å². The zero-order valence-corrected chi connectivity index (χ0v) is 16.3. The molecule has 0 spiro atoms. The zero-order valence-electron chi connectivity index (χ0n) is 16.3. The number of aromatic nitrogens is 6. The monoisotopic (exact) mass is 397 g/mol. The molecule has 0 aliphatic carbocycles. The Kier molecular flexibility index (Phi) is 4.44. The standard InChI is InChI=1S/C22H19N7O/c1-2-3-20(30)25-15-8-13(11-24-12-15)16-4-5-18-21(27-16)22(29-28-18)19-9-14-10-23-7-6-17(14)26-19/h4-12,26H,2-3H2,1H3,(H,25,30)(H,28,29). The average Bonchev–Trinajstić information content (AvgIpc) is 3.37. The molecule has 0 unspecified atom stereocenters. The van der Waals surface area contributed by atoms with E-state index >= 15 is 0 Å². The minimum atomic E-state index is -0.0229. The highest BCUT2D eigenvalue weighted by Gasteiger charge is 2.14. The summed E-state index contributed by atoms with van der Waals surface area (Å²) in [6, 6.07) is 9.67. The van der Waals surface area contributed by atoms with E-state index in [1.54, 1.807) is 18.6 Å². The fourth-order valence-electron chi connectivity index (χ4n) is 3.45. The van der Waals surface area contributed by atoms with Gasteiger partial charge in [0.15, 0.2) is 0 Å². The maximum Gasteiger partial charge on any atom is 0.224 e. The lowest BCUT2D eigenvalue weighted by Crippen LogP contribution is -2.10. The number of amides is 1. The van der Waals surface area contributed by atoms with Gasteiger partial charge in [-0.05, 0) is 36.8 Å². The summed E-state index contributed by atoms with van der Waals surface area (Å²) < 4.78 is 0. The Morgan fingerprint density at radius 3 is 2.87 bits per heavy atom. The number of hydrogen-bond donors (Lipinski definition) is 3. The summed E-state index contributed by atoms with van der Waals surface area (Å²) in [4.78, 5) is 28.5. The van der Waals surface area contributed by atoms with Crippen LogP contribution in [-0.2, 0) is 4.79 Å². The van der Waals surface area contributed by atoms with Gasteiger partial charge in [0.25, 0.3) is 0 Å². The summed E-state index contributed by atoms with van der Waals surface area (Å²) in [5.41, 5.74) is 6.42. The number of hydrogen-bond acceptors (Lipinski definition) is 5. The molecule has 0 radical (unpaired) electrons. The summed E-state index contributed by atoms with van der Waals surface area (Å²) in [6.07, 6.45) is 8.21. The molecular formula is C22H19N7O. The van der Waals surface area contributed by atoms with Crippen molar-refractivity contribution in [2.75, 3.05) is 5.32 Å². The highest BCUT2D eigenvalue weighted by molar-refractivity contribution is 5.94. The van der Waals surface area contributed by atoms with Crippen molar-refractivity contribution in [3.63, 3.8) is 0 Å². The molecule has 148 valence electrons. The van der Waals surface area contributed by atoms with Gasteiger partial charge in [-0.15, -0.1) is 0 Å². The maximum atomic E-state index is 11.9. The summed E-state index contributed by atoms with van der Waals surface area (Å²) >= 11 is 0. The van der Waals surface area contributed by atoms with Gasteiger partial charge in [-0.1, -0.05) is 6.92 Å². The molecular weight excluding hydrogens is 378 g/mol. The molecule has 30 heavy (non-hydrogen) atoms. The lowest BCUT2D eigenvalue weighted by atomic mass is 10.1. The van der Waals surface area contributed by atoms with E-state index in [0.29, 0.717) is 12.1 Å². The number of carbonyl (C=O) groups is 1. The number of H-pyrrole nitrogens is 2. The second-order valence-electron chi connectivity index (χ2n) is 7.07. The topological polar surface area (TPSA) is 112 Å². The van der Waals surface area contributed by atoms with Crippen molar-refractivity contribution in [3.8, 4) is 22.6 Å². The van der Waals surface area contributed by atoms with Crippen molar-refractivity contribution in [1.29, 1.82) is 0 Å². The molecule has 5 rings (SSSR count). The number of nitrogens with one attached hydrogen (secondary N) is 3. The van der Waals surface area contributed by atoms with Crippen LogP contribution in [0.5, 0.6) is 0 Å². The Labute approximate surface area is 171 Å². The van der Waals surface area contributed by atoms with Crippen LogP contribution in [0.1, 0.15) is 19.8 Å². The van der Waals surface area contributed by atoms with Crippen molar-refractivity contribution in [2.45, 2.75) is 19.8 Å². The van der Waals surface area contributed by atoms with Crippen molar-refractivity contribution in [2.24, 2.45) is 0 Å². The van der Waals surface area contributed by atoms with Crippen LogP contribution in [0.3, 0.4) is 0 Å². The maximum absolute atomic E-state index is 11.9. The first-order valence-electron chi connectivity index (χ1n) is 9.75. The normalized spacial score (nSPS) is 11.2. The summed E-state index contributed by atoms with van der Waals surface area (Å²) in [7, 11) is 0. The fraction of sp³-hybridized carbons (Fsp3) is 0.136. The lowest BCUT2D eigenvalue weighted by molar-refractivity contribution is -0.116. The molecule has 5 aromatic heterocycles. The van der Waals surface area contributed by atoms with E-state index in [0.717, 1.165) is 51.0 Å². The molecule has 0 aliphatic heterocycles. The highest BCUT2D eigenvalue weighted by atomic mass is 16.1. The van der Waals surface area contributed by atoms with Gasteiger partial charge in [0.2, 0.25) is 5.91 Å². The Hall–Kier alpha value is -4.07. The zero-order chi connectivity index (χ0) is 20.5. The number of pyridine rings is 3. The molecule has 0 aromatic carbocycles. The Morgan fingerprint density at radius 1 is 1.07 bits per heavy atom. The second-order valence-corrected chi connectivity index (χ2v) is 7.07. The van der Waals surface area contributed by atoms with Crippen LogP contribution in [-0.4, -0.2) is 36.0 Å². The van der Waals surface area contributed by atoms with Crippen LogP contribution in [0.15, 0.2) is 55.1 Å². The highest BCUT2D eigenvalue weighted by Crippen LogP contribution is 2.29. The number of carbonyl (C=O) groups excluding carboxylic acids is 1. The van der Waals surface area contributed by atoms with Crippen LogP contribution in [0, 0.1) is 0 Å². The molecule has 3 N–H and O–H groups in total. The number of nitrogens with zero attached hydrogens (tertiary/aromatic N) is 4. The van der Waals surface area contributed by atoms with Crippen LogP contribution < -0.4 is 5.32 Å². The molecule has 0 bridgehead atoms. The van der Waals surface area contributed by atoms with Gasteiger partial charge in [0, 0.05) is 41.5 Å². The predicted octanol–water partition coefficient (Wildman–Crippen LogP) is 4.30. The first-order valence-corrected chi connectivity index (χ1v) is 9.75. The van der Waals surface area contributed by atoms with Crippen molar-refractivity contribution < 1.29 is 4.79 Å². The molecule has 5 aromatic rings. The molecule has 1 amide bonds. The van der Waals surface area contributed by atoms with Gasteiger partial charge in [0.05, 0.1) is 28.8 Å². The Bertz CT molecular complexity index is 1340. The lowest BCUT2D eigenvalue weighted by Gasteiger charge is -2.06. The number of fused-ring (bicyclic) bond motifs is 2. The van der Waals surface area contributed by atoms with E-state index < -0.39 is 0 Å². The third-order valence-corrected chi connectivity index (χ3v) is 4.88. The SMILES string of the molecule is CCCC(=O)Nc1cncc(-c2ccc3[nH]nc(-c4cc5cnccc5[nH]4)c3n2)c1. The average molecular weight is 397 g/mol. The van der Waals surface area contributed by atoms with Crippen LogP contribution >= 0.6 is 0 Å². The summed E-state index contributed by atoms with van der Waals surface area (Å²) in [5.74, 6) is -0.0229. The number of aromatic amines is 2. The van der Waals surface area contributed by atoms with Gasteiger partial charge < -0.3 is 10.3 Å². The van der Waals surface area contributed by atoms with E-state index in [-0.39, 0.29) is 5.91 Å². The fourth-order valence-corrected chi connectivity index (χ4v) is 3.45. The first-order chi connectivity index (χ1) is 14.7. The number of anilines is 1. The van der Waals surface area contributed by atoms with Crippen molar-refractivity contribution in [3.05, 3.63) is 55.1 Å². The van der Waals surface area contributed by atoms with Gasteiger partial charge in [-0.3, -0.25) is 19.9 Å². The molecule has 0 fully saturated rings. The van der Waals surface area contributed by atoms with Gasteiger partial charge in [-0.25, -0.2) is 4.98 Å². The molecule has 0 atom stereocenters. The van der Waals surface area contributed by atoms with Gasteiger partial charge >= 0.3 is 0 Å². The second kappa shape index (κ2) is 7.40. The number of rotatable bonds is 5. The van der Waals surface area contributed by atoms with Crippen molar-refractivity contribution in [1.82, 2.24) is 30.1 Å². The van der Waals surface area contributed by atoms with E-state index in [1.807, 2.05) is 43.5 Å². The molecule has 8 heteroatoms. The van der Waals surface area contributed by atoms with E-state index in [1.165, 1.54) is 0 Å². The molecule has 0 saturated heterocycles. The third-order valence-electron chi connectivity index (χ3n) is 4.88. The van der Waals surface area contributed by atoms with Crippen LogP contribution in [0.4, 0.5) is 5.69 Å². The molecule has 5 heterocycles. The van der Waals surface area contributed by atoms with Crippen LogP contribution in [0.2, 0.25) is 0 Å². The van der Waals surface area contributed by atoms with E-state index in [9.17, 15) is 4.79 Å². The molecule has 8 nitrogen and oxygen atoms in total. The quantitative estimate of drug-likeness (QED) is 0.409. The smallest absolute Gasteiger partial charge is 0.224 e. The minimum Gasteiger partial charge on any atom is -0.353 e. The van der Waals surface area contributed by atoms with Gasteiger partial charge in [0.1, 0.15) is 11.2 Å². The Morgan fingerprint density at radius 2 is 2.00 bits per heavy atom. The predicted molar refractivity (Wildman–Crippen MR) is 116 cm³/mol. The van der Waals surface area contributed by atoms with E-state index in [4.69, 9.17) is 4.98 Å². The molecule has 0 aliphatic rings. The Balaban J connectivity index is 1.54. The largest absolute Gasteiger partial charge is 0.353 e. The van der Waals surface area contributed by atoms with Gasteiger partial charge in [-0.2, -0.15) is 5.10 Å². The molecule has 0 saturated carbocycles. The van der Waals surface area contributed by atoms with Crippen molar-refractivity contribution >= 4 is 33.5 Å². The minimum absolute atomic E-state index is 0.0229. The first kappa shape index (κ1) is 18.0. The third kappa shape index (κ3) is 3.28. The summed E-state index contributed by atoms with van der Waals surface area (Å²) in [6.45, 7) is 1.97. The summed E-state index contributed by atoms with van der Waals surface area (Å²) in [5, 5.41) is 11.4. The van der Waals surface area contributed by atoms with E-state index in [2.05, 4.69) is 30.5 Å².